The van der Waals surface area contributed by atoms with Gasteiger partial charge in [0.05, 0.1) is 24.3 Å². The summed E-state index contributed by atoms with van der Waals surface area (Å²) in [4.78, 5) is 25.6. The van der Waals surface area contributed by atoms with Gasteiger partial charge in [-0.3, -0.25) is 14.3 Å². The van der Waals surface area contributed by atoms with Gasteiger partial charge in [-0.2, -0.15) is 4.39 Å². The number of aromatic amines is 1. The number of nitrogens with zero attached hydrogens (tertiary/aromatic N) is 1. The first-order valence-corrected chi connectivity index (χ1v) is 12.0. The van der Waals surface area contributed by atoms with E-state index in [4.69, 9.17) is 21.1 Å². The monoisotopic (exact) mass is 506 g/mol. The number of rotatable bonds is 7. The molecule has 1 aromatic heterocycles. The molecule has 1 saturated heterocycles. The Morgan fingerprint density at radius 3 is 1.92 bits per heavy atom. The highest BCUT2D eigenvalue weighted by Crippen LogP contribution is 2.42. The fourth-order valence-corrected chi connectivity index (χ4v) is 4.94. The minimum atomic E-state index is -1.07. The van der Waals surface area contributed by atoms with Crippen molar-refractivity contribution in [1.82, 2.24) is 9.55 Å². The van der Waals surface area contributed by atoms with E-state index >= 15 is 0 Å². The largest absolute Gasteiger partial charge is 0.358 e. The summed E-state index contributed by atoms with van der Waals surface area (Å²) in [5.41, 5.74) is 0.00732. The number of hydrogen-bond donors (Lipinski definition) is 1. The summed E-state index contributed by atoms with van der Waals surface area (Å²) in [6, 6.07) is 29.7. The van der Waals surface area contributed by atoms with E-state index in [0.717, 1.165) is 27.5 Å². The number of benzene rings is 3. The van der Waals surface area contributed by atoms with Crippen molar-refractivity contribution in [2.45, 2.75) is 29.7 Å². The molecule has 8 heteroatoms. The van der Waals surface area contributed by atoms with E-state index in [1.165, 1.54) is 0 Å². The molecular formula is C28H24ClFN2O4. The molecule has 184 valence electrons. The number of hydrogen-bond acceptors (Lipinski definition) is 4. The van der Waals surface area contributed by atoms with Crippen molar-refractivity contribution >= 4 is 11.6 Å². The summed E-state index contributed by atoms with van der Waals surface area (Å²) < 4.78 is 27.7. The Kier molecular flexibility index (Phi) is 6.87. The second kappa shape index (κ2) is 10.2. The van der Waals surface area contributed by atoms with Crippen LogP contribution in [0.2, 0.25) is 0 Å². The van der Waals surface area contributed by atoms with Gasteiger partial charge in [-0.25, -0.2) is 4.79 Å². The van der Waals surface area contributed by atoms with Crippen LogP contribution in [0.5, 0.6) is 0 Å². The lowest BCUT2D eigenvalue weighted by molar-refractivity contribution is -0.0769. The fourth-order valence-electron chi connectivity index (χ4n) is 4.66. The van der Waals surface area contributed by atoms with Gasteiger partial charge in [0.2, 0.25) is 5.82 Å². The van der Waals surface area contributed by atoms with Crippen LogP contribution in [-0.2, 0) is 15.1 Å². The van der Waals surface area contributed by atoms with E-state index in [2.05, 4.69) is 0 Å². The Labute approximate surface area is 211 Å². The predicted octanol–water partition coefficient (Wildman–Crippen LogP) is 4.58. The zero-order valence-electron chi connectivity index (χ0n) is 19.2. The van der Waals surface area contributed by atoms with Crippen LogP contribution in [0.3, 0.4) is 0 Å². The molecule has 0 amide bonds. The molecule has 1 aliphatic heterocycles. The molecule has 0 saturated carbocycles. The van der Waals surface area contributed by atoms with Crippen molar-refractivity contribution in [3.8, 4) is 0 Å². The maximum atomic E-state index is 13.9. The molecular weight excluding hydrogens is 483 g/mol. The molecule has 2 heterocycles. The first-order valence-electron chi connectivity index (χ1n) is 11.6. The van der Waals surface area contributed by atoms with Crippen molar-refractivity contribution in [3.63, 3.8) is 0 Å². The van der Waals surface area contributed by atoms with Gasteiger partial charge >= 0.3 is 5.69 Å². The Balaban J connectivity index is 1.50. The van der Waals surface area contributed by atoms with Crippen molar-refractivity contribution < 1.29 is 13.9 Å². The van der Waals surface area contributed by atoms with Gasteiger partial charge in [0.1, 0.15) is 11.8 Å². The second-order valence-corrected chi connectivity index (χ2v) is 9.18. The fraction of sp³-hybridized carbons (Fsp3) is 0.214. The number of ether oxygens (including phenoxy) is 2. The first-order chi connectivity index (χ1) is 17.5. The van der Waals surface area contributed by atoms with E-state index in [9.17, 15) is 14.0 Å². The number of halogens is 2. The molecule has 6 nitrogen and oxygen atoms in total. The van der Waals surface area contributed by atoms with E-state index in [0.29, 0.717) is 0 Å². The van der Waals surface area contributed by atoms with Gasteiger partial charge in [-0.1, -0.05) is 91.0 Å². The van der Waals surface area contributed by atoms with Crippen LogP contribution < -0.4 is 11.2 Å². The van der Waals surface area contributed by atoms with Crippen molar-refractivity contribution in [2.24, 2.45) is 0 Å². The molecule has 5 rings (SSSR count). The molecule has 0 bridgehead atoms. The van der Waals surface area contributed by atoms with Gasteiger partial charge in [0.15, 0.2) is 0 Å². The van der Waals surface area contributed by atoms with Crippen LogP contribution in [0.15, 0.2) is 107 Å². The van der Waals surface area contributed by atoms with E-state index in [1.54, 1.807) is 0 Å². The van der Waals surface area contributed by atoms with Crippen molar-refractivity contribution in [3.05, 3.63) is 141 Å². The quantitative estimate of drug-likeness (QED) is 0.294. The highest BCUT2D eigenvalue weighted by Gasteiger charge is 2.41. The lowest BCUT2D eigenvalue weighted by Gasteiger charge is -2.37. The van der Waals surface area contributed by atoms with Crippen LogP contribution in [0.25, 0.3) is 0 Å². The molecule has 1 N–H and O–H groups in total. The maximum Gasteiger partial charge on any atom is 0.330 e. The van der Waals surface area contributed by atoms with Gasteiger partial charge in [0.25, 0.3) is 5.56 Å². The standard InChI is InChI=1S/C28H24ClFN2O4/c29-22-16-25(32-17-23(30)26(33)31-27(32)34)36-24(22)18-35-28(19-10-4-1-5-11-19,20-12-6-2-7-13-20)21-14-8-3-9-15-21/h1-15,17,22,24-25H,16,18H2,(H,31,33,34)/t22-,24+,25+/m0/s1. The molecule has 1 aliphatic rings. The normalized spacial score (nSPS) is 19.9. The van der Waals surface area contributed by atoms with Gasteiger partial charge in [-0.05, 0) is 16.7 Å². The summed E-state index contributed by atoms with van der Waals surface area (Å²) in [5.74, 6) is -1.07. The Morgan fingerprint density at radius 2 is 1.42 bits per heavy atom. The van der Waals surface area contributed by atoms with Crippen molar-refractivity contribution in [1.29, 1.82) is 0 Å². The minimum Gasteiger partial charge on any atom is -0.358 e. The van der Waals surface area contributed by atoms with Gasteiger partial charge in [-0.15, -0.1) is 11.6 Å². The Bertz CT molecular complexity index is 1330. The van der Waals surface area contributed by atoms with E-state index in [1.807, 2.05) is 96.0 Å². The highest BCUT2D eigenvalue weighted by atomic mass is 35.5. The molecule has 36 heavy (non-hydrogen) atoms. The molecule has 3 atom stereocenters. The SMILES string of the molecule is O=c1[nH]c(=O)n([C@H]2C[C@H](Cl)[C@@H](COC(c3ccccc3)(c3ccccc3)c3ccccc3)O2)cc1F. The summed E-state index contributed by atoms with van der Waals surface area (Å²) in [6.45, 7) is 0.101. The minimum absolute atomic E-state index is 0.101. The lowest BCUT2D eigenvalue weighted by atomic mass is 9.80. The molecule has 3 aromatic carbocycles. The number of alkyl halides is 1. The van der Waals surface area contributed by atoms with E-state index in [-0.39, 0.29) is 13.0 Å². The highest BCUT2D eigenvalue weighted by molar-refractivity contribution is 6.21. The smallest absolute Gasteiger partial charge is 0.330 e. The number of aromatic nitrogens is 2. The van der Waals surface area contributed by atoms with Crippen LogP contribution in [0, 0.1) is 5.82 Å². The molecule has 0 spiro atoms. The maximum absolute atomic E-state index is 13.9. The van der Waals surface area contributed by atoms with Crippen LogP contribution >= 0.6 is 11.6 Å². The van der Waals surface area contributed by atoms with Crippen LogP contribution in [-0.4, -0.2) is 27.6 Å². The Morgan fingerprint density at radius 1 is 0.917 bits per heavy atom. The topological polar surface area (TPSA) is 73.3 Å². The number of nitrogens with one attached hydrogen (secondary N) is 1. The third-order valence-corrected chi connectivity index (χ3v) is 6.86. The van der Waals surface area contributed by atoms with Gasteiger partial charge in [0, 0.05) is 6.42 Å². The first kappa shape index (κ1) is 24.2. The Hall–Kier alpha value is -3.52. The molecule has 4 aromatic rings. The summed E-state index contributed by atoms with van der Waals surface area (Å²) in [6.07, 6.45) is -0.328. The zero-order chi connectivity index (χ0) is 25.1. The van der Waals surface area contributed by atoms with Crippen LogP contribution in [0.1, 0.15) is 29.3 Å². The average Bonchev–Trinajstić information content (AvgIpc) is 3.28. The third kappa shape index (κ3) is 4.53. The van der Waals surface area contributed by atoms with E-state index < -0.39 is 40.4 Å². The summed E-state index contributed by atoms with van der Waals surface area (Å²) >= 11 is 6.63. The van der Waals surface area contributed by atoms with Gasteiger partial charge < -0.3 is 9.47 Å². The third-order valence-electron chi connectivity index (χ3n) is 6.40. The molecule has 0 unspecified atom stereocenters. The lowest BCUT2D eigenvalue weighted by Crippen LogP contribution is -2.37. The summed E-state index contributed by atoms with van der Waals surface area (Å²) in [5, 5.41) is -0.503. The molecule has 0 radical (unpaired) electrons. The number of H-pyrrole nitrogens is 1. The molecule has 0 aliphatic carbocycles. The molecule has 1 fully saturated rings. The zero-order valence-corrected chi connectivity index (χ0v) is 20.0. The summed E-state index contributed by atoms with van der Waals surface area (Å²) in [7, 11) is 0. The second-order valence-electron chi connectivity index (χ2n) is 8.61. The van der Waals surface area contributed by atoms with Crippen LogP contribution in [0.4, 0.5) is 4.39 Å². The predicted molar refractivity (Wildman–Crippen MR) is 135 cm³/mol. The average molecular weight is 507 g/mol. The van der Waals surface area contributed by atoms with Crippen molar-refractivity contribution in [2.75, 3.05) is 6.61 Å².